The Balaban J connectivity index is 1.94. The van der Waals surface area contributed by atoms with Crippen LogP contribution in [-0.4, -0.2) is 23.5 Å². The highest BCUT2D eigenvalue weighted by atomic mass is 15.1. The molecule has 4 N–H and O–H groups in total. The Kier molecular flexibility index (Phi) is 3.87. The van der Waals surface area contributed by atoms with Crippen molar-refractivity contribution in [3.05, 3.63) is 36.0 Å². The smallest absolute Gasteiger partial charge is 0.188 e. The molecule has 1 aromatic carbocycles. The van der Waals surface area contributed by atoms with Gasteiger partial charge in [0.05, 0.1) is 0 Å². The number of hydrogen-bond acceptors (Lipinski definition) is 1. The summed E-state index contributed by atoms with van der Waals surface area (Å²) < 4.78 is 0. The molecule has 96 valence electrons. The lowest BCUT2D eigenvalue weighted by molar-refractivity contribution is 0.723. The Morgan fingerprint density at radius 1 is 1.39 bits per heavy atom. The third kappa shape index (κ3) is 3.26. The van der Waals surface area contributed by atoms with Crippen LogP contribution >= 0.6 is 0 Å². The number of fused-ring (bicyclic) bond motifs is 1. The van der Waals surface area contributed by atoms with Crippen LogP contribution in [0.25, 0.3) is 10.9 Å². The molecule has 4 nitrogen and oxygen atoms in total. The van der Waals surface area contributed by atoms with E-state index in [0.29, 0.717) is 18.5 Å². The molecule has 0 atom stereocenters. The van der Waals surface area contributed by atoms with E-state index >= 15 is 0 Å². The molecule has 4 heteroatoms. The van der Waals surface area contributed by atoms with E-state index in [1.165, 1.54) is 16.6 Å². The van der Waals surface area contributed by atoms with E-state index < -0.39 is 0 Å². The van der Waals surface area contributed by atoms with Crippen molar-refractivity contribution in [3.63, 3.8) is 0 Å². The van der Waals surface area contributed by atoms with Gasteiger partial charge < -0.3 is 16.0 Å². The summed E-state index contributed by atoms with van der Waals surface area (Å²) in [7, 11) is 0. The highest BCUT2D eigenvalue weighted by Gasteiger charge is 2.00. The number of rotatable bonds is 4. The summed E-state index contributed by atoms with van der Waals surface area (Å²) in [6, 6.07) is 10.7. The third-order valence-electron chi connectivity index (χ3n) is 2.69. The molecule has 2 rings (SSSR count). The van der Waals surface area contributed by atoms with Gasteiger partial charge >= 0.3 is 0 Å². The number of H-pyrrole nitrogens is 1. The molecule has 0 saturated carbocycles. The summed E-state index contributed by atoms with van der Waals surface area (Å²) in [5.41, 5.74) is 8.11. The summed E-state index contributed by atoms with van der Waals surface area (Å²) >= 11 is 0. The van der Waals surface area contributed by atoms with Crippen LogP contribution in [0.5, 0.6) is 0 Å². The normalized spacial score (nSPS) is 12.3. The van der Waals surface area contributed by atoms with Gasteiger partial charge in [-0.1, -0.05) is 18.2 Å². The summed E-state index contributed by atoms with van der Waals surface area (Å²) in [6.45, 7) is 4.78. The first-order valence-electron chi connectivity index (χ1n) is 6.28. The Labute approximate surface area is 107 Å². The van der Waals surface area contributed by atoms with Crippen molar-refractivity contribution in [1.82, 2.24) is 10.3 Å². The molecular weight excluding hydrogens is 224 g/mol. The Bertz CT molecular complexity index is 506. The number of hydrogen-bond donors (Lipinski definition) is 3. The van der Waals surface area contributed by atoms with Crippen LogP contribution in [-0.2, 0) is 6.42 Å². The van der Waals surface area contributed by atoms with Gasteiger partial charge in [-0.3, -0.25) is 4.99 Å². The molecule has 1 heterocycles. The highest BCUT2D eigenvalue weighted by molar-refractivity contribution is 5.80. The van der Waals surface area contributed by atoms with Gasteiger partial charge in [0.15, 0.2) is 5.96 Å². The molecule has 0 spiro atoms. The fraction of sp³-hybridized carbons (Fsp3) is 0.357. The van der Waals surface area contributed by atoms with E-state index in [0.717, 1.165) is 6.42 Å². The van der Waals surface area contributed by atoms with Crippen LogP contribution in [0.2, 0.25) is 0 Å². The molecule has 0 bridgehead atoms. The molecule has 0 amide bonds. The quantitative estimate of drug-likeness (QED) is 0.569. The molecule has 1 aromatic heterocycles. The minimum Gasteiger partial charge on any atom is -0.370 e. The number of aromatic nitrogens is 1. The minimum absolute atomic E-state index is 0.321. The first-order chi connectivity index (χ1) is 8.65. The number of para-hydroxylation sites is 1. The maximum absolute atomic E-state index is 5.74. The average molecular weight is 244 g/mol. The molecule has 0 saturated heterocycles. The number of aromatic amines is 1. The molecule has 0 fully saturated rings. The molecule has 2 aromatic rings. The molecule has 18 heavy (non-hydrogen) atoms. The highest BCUT2D eigenvalue weighted by Crippen LogP contribution is 2.14. The van der Waals surface area contributed by atoms with Crippen LogP contribution in [0, 0.1) is 0 Å². The fourth-order valence-electron chi connectivity index (χ4n) is 1.91. The first kappa shape index (κ1) is 12.5. The largest absolute Gasteiger partial charge is 0.370 e. The van der Waals surface area contributed by atoms with Gasteiger partial charge in [-0.15, -0.1) is 0 Å². The van der Waals surface area contributed by atoms with E-state index in [-0.39, 0.29) is 0 Å². The standard InChI is InChI=1S/C14H20N4/c1-10(2)17-14(15)16-8-7-12-9-11-5-3-4-6-13(11)18-12/h3-6,9-10,18H,7-8H2,1-2H3,(H3,15,16,17). The second kappa shape index (κ2) is 5.58. The van der Waals surface area contributed by atoms with E-state index in [2.05, 4.69) is 33.5 Å². The zero-order valence-corrected chi connectivity index (χ0v) is 10.9. The van der Waals surface area contributed by atoms with Gasteiger partial charge in [0.25, 0.3) is 0 Å². The van der Waals surface area contributed by atoms with Crippen LogP contribution in [0.3, 0.4) is 0 Å². The van der Waals surface area contributed by atoms with Crippen molar-refractivity contribution in [2.24, 2.45) is 10.7 Å². The second-order valence-electron chi connectivity index (χ2n) is 4.70. The summed E-state index contributed by atoms with van der Waals surface area (Å²) in [5, 5.41) is 4.31. The van der Waals surface area contributed by atoms with E-state index in [1.54, 1.807) is 0 Å². The van der Waals surface area contributed by atoms with Crippen LogP contribution in [0.15, 0.2) is 35.3 Å². The van der Waals surface area contributed by atoms with E-state index in [4.69, 9.17) is 5.73 Å². The Morgan fingerprint density at radius 3 is 2.89 bits per heavy atom. The van der Waals surface area contributed by atoms with Gasteiger partial charge in [-0.2, -0.15) is 0 Å². The van der Waals surface area contributed by atoms with E-state index in [9.17, 15) is 0 Å². The zero-order chi connectivity index (χ0) is 13.0. The van der Waals surface area contributed by atoms with Crippen molar-refractivity contribution < 1.29 is 0 Å². The number of nitrogens with two attached hydrogens (primary N) is 1. The minimum atomic E-state index is 0.321. The summed E-state index contributed by atoms with van der Waals surface area (Å²) in [5.74, 6) is 0.515. The first-order valence-corrected chi connectivity index (χ1v) is 6.28. The summed E-state index contributed by atoms with van der Waals surface area (Å²) in [4.78, 5) is 7.67. The molecule has 0 unspecified atom stereocenters. The summed E-state index contributed by atoms with van der Waals surface area (Å²) in [6.07, 6.45) is 0.870. The van der Waals surface area contributed by atoms with Gasteiger partial charge in [0.2, 0.25) is 0 Å². The lowest BCUT2D eigenvalue weighted by Crippen LogP contribution is -2.36. The van der Waals surface area contributed by atoms with Crippen molar-refractivity contribution in [2.45, 2.75) is 26.3 Å². The maximum Gasteiger partial charge on any atom is 0.188 e. The van der Waals surface area contributed by atoms with Crippen molar-refractivity contribution in [1.29, 1.82) is 0 Å². The topological polar surface area (TPSA) is 66.2 Å². The lowest BCUT2D eigenvalue weighted by Gasteiger charge is -2.07. The molecule has 0 aliphatic heterocycles. The monoisotopic (exact) mass is 244 g/mol. The molecular formula is C14H20N4. The molecule has 0 aliphatic rings. The van der Waals surface area contributed by atoms with Crippen LogP contribution < -0.4 is 11.1 Å². The number of nitrogens with one attached hydrogen (secondary N) is 2. The van der Waals surface area contributed by atoms with E-state index in [1.807, 2.05) is 26.0 Å². The number of nitrogens with zero attached hydrogens (tertiary/aromatic N) is 1. The van der Waals surface area contributed by atoms with Gasteiger partial charge in [0, 0.05) is 30.2 Å². The third-order valence-corrected chi connectivity index (χ3v) is 2.69. The van der Waals surface area contributed by atoms with Crippen molar-refractivity contribution in [3.8, 4) is 0 Å². The van der Waals surface area contributed by atoms with Gasteiger partial charge in [0.1, 0.15) is 0 Å². The van der Waals surface area contributed by atoms with Gasteiger partial charge in [-0.25, -0.2) is 0 Å². The fourth-order valence-corrected chi connectivity index (χ4v) is 1.91. The van der Waals surface area contributed by atoms with Crippen LogP contribution in [0.1, 0.15) is 19.5 Å². The Morgan fingerprint density at radius 2 is 2.17 bits per heavy atom. The maximum atomic E-state index is 5.74. The second-order valence-corrected chi connectivity index (χ2v) is 4.70. The number of benzene rings is 1. The van der Waals surface area contributed by atoms with Crippen LogP contribution in [0.4, 0.5) is 0 Å². The predicted molar refractivity (Wildman–Crippen MR) is 76.8 cm³/mol. The molecule has 0 radical (unpaired) electrons. The number of aliphatic imine (C=N–C) groups is 1. The van der Waals surface area contributed by atoms with Crippen molar-refractivity contribution >= 4 is 16.9 Å². The van der Waals surface area contributed by atoms with Crippen molar-refractivity contribution in [2.75, 3.05) is 6.54 Å². The molecule has 0 aliphatic carbocycles. The zero-order valence-electron chi connectivity index (χ0n) is 10.9. The predicted octanol–water partition coefficient (Wildman–Crippen LogP) is 2.02. The number of guanidine groups is 1. The average Bonchev–Trinajstić information content (AvgIpc) is 2.70. The SMILES string of the molecule is CC(C)NC(N)=NCCc1cc2ccccc2[nH]1. The lowest BCUT2D eigenvalue weighted by atomic mass is 10.2. The Hall–Kier alpha value is -1.97. The van der Waals surface area contributed by atoms with Gasteiger partial charge in [-0.05, 0) is 31.4 Å².